The lowest BCUT2D eigenvalue weighted by molar-refractivity contribution is -0.137. The molecular weight excluding hydrogens is 345 g/mol. The van der Waals surface area contributed by atoms with Crippen LogP contribution in [-0.2, 0) is 10.9 Å². The Balaban J connectivity index is 2.28. The van der Waals surface area contributed by atoms with Crippen LogP contribution in [0.4, 0.5) is 18.0 Å². The number of rotatable bonds is 1. The van der Waals surface area contributed by atoms with Crippen LogP contribution in [0.1, 0.15) is 26.3 Å². The minimum atomic E-state index is -4.56. The number of halogens is 3. The highest BCUT2D eigenvalue weighted by molar-refractivity contribution is 5.94. The summed E-state index contributed by atoms with van der Waals surface area (Å²) in [6.07, 6.45) is -3.86. The molecule has 0 spiro atoms. The van der Waals surface area contributed by atoms with Gasteiger partial charge in [0, 0.05) is 17.1 Å². The van der Waals surface area contributed by atoms with Crippen molar-refractivity contribution in [3.63, 3.8) is 0 Å². The van der Waals surface area contributed by atoms with Gasteiger partial charge >= 0.3 is 12.3 Å². The number of carbonyl (C=O) groups is 1. The molecule has 3 rings (SSSR count). The Hall–Kier alpha value is -2.83. The second kappa shape index (κ2) is 6.16. The summed E-state index contributed by atoms with van der Waals surface area (Å²) >= 11 is 0. The zero-order valence-corrected chi connectivity index (χ0v) is 14.5. The first kappa shape index (κ1) is 18.0. The maximum atomic E-state index is 13.5. The van der Waals surface area contributed by atoms with Crippen molar-refractivity contribution in [3.05, 3.63) is 54.2 Å². The molecule has 4 nitrogen and oxygen atoms in total. The Morgan fingerprint density at radius 3 is 2.42 bits per heavy atom. The maximum Gasteiger partial charge on any atom is 0.420 e. The van der Waals surface area contributed by atoms with Crippen LogP contribution in [0.15, 0.2) is 48.7 Å². The Morgan fingerprint density at radius 1 is 1.08 bits per heavy atom. The average molecular weight is 362 g/mol. The summed E-state index contributed by atoms with van der Waals surface area (Å²) in [6.45, 7) is 5.06. The molecule has 0 saturated heterocycles. The van der Waals surface area contributed by atoms with E-state index in [1.54, 1.807) is 32.9 Å². The van der Waals surface area contributed by atoms with Crippen molar-refractivity contribution in [2.45, 2.75) is 32.5 Å². The van der Waals surface area contributed by atoms with Crippen molar-refractivity contribution in [2.75, 3.05) is 0 Å². The highest BCUT2D eigenvalue weighted by Gasteiger charge is 2.35. The summed E-state index contributed by atoms with van der Waals surface area (Å²) in [6, 6.07) is 9.97. The van der Waals surface area contributed by atoms with Gasteiger partial charge in [0.25, 0.3) is 0 Å². The number of pyridine rings is 1. The lowest BCUT2D eigenvalue weighted by Gasteiger charge is -2.21. The largest absolute Gasteiger partial charge is 0.443 e. The summed E-state index contributed by atoms with van der Waals surface area (Å²) < 4.78 is 46.8. The van der Waals surface area contributed by atoms with E-state index in [1.807, 2.05) is 0 Å². The number of aromatic nitrogens is 2. The number of benzene rings is 1. The van der Waals surface area contributed by atoms with Gasteiger partial charge < -0.3 is 4.74 Å². The molecule has 0 atom stereocenters. The number of ether oxygens (including phenoxy) is 1. The highest BCUT2D eigenvalue weighted by Crippen LogP contribution is 2.38. The third kappa shape index (κ3) is 3.42. The normalized spacial score (nSPS) is 12.4. The molecule has 0 N–H and O–H groups in total. The Morgan fingerprint density at radius 2 is 1.77 bits per heavy atom. The Bertz CT molecular complexity index is 969. The Labute approximate surface area is 148 Å². The van der Waals surface area contributed by atoms with Gasteiger partial charge in [-0.2, -0.15) is 13.2 Å². The zero-order chi connectivity index (χ0) is 19.1. The van der Waals surface area contributed by atoms with Crippen LogP contribution in [0.5, 0.6) is 0 Å². The SMILES string of the molecule is CC(C)(C)OC(=O)n1c(-c2ccccc2C(F)(F)F)cc2cccnc21. The topological polar surface area (TPSA) is 44.1 Å². The van der Waals surface area contributed by atoms with Crippen LogP contribution in [-0.4, -0.2) is 21.2 Å². The van der Waals surface area contributed by atoms with Crippen LogP contribution >= 0.6 is 0 Å². The van der Waals surface area contributed by atoms with Crippen molar-refractivity contribution in [2.24, 2.45) is 0 Å². The molecule has 0 amide bonds. The van der Waals surface area contributed by atoms with E-state index in [0.717, 1.165) is 10.6 Å². The summed E-state index contributed by atoms with van der Waals surface area (Å²) in [7, 11) is 0. The Kier molecular flexibility index (Phi) is 4.26. The third-order valence-corrected chi connectivity index (χ3v) is 3.65. The van der Waals surface area contributed by atoms with Crippen LogP contribution in [0.2, 0.25) is 0 Å². The van der Waals surface area contributed by atoms with Crippen molar-refractivity contribution in [1.82, 2.24) is 9.55 Å². The predicted octanol–water partition coefficient (Wildman–Crippen LogP) is 5.51. The molecule has 2 aromatic heterocycles. The van der Waals surface area contributed by atoms with Gasteiger partial charge in [0.2, 0.25) is 0 Å². The minimum absolute atomic E-state index is 0.0841. The lowest BCUT2D eigenvalue weighted by atomic mass is 10.0. The van der Waals surface area contributed by atoms with E-state index in [2.05, 4.69) is 4.98 Å². The third-order valence-electron chi connectivity index (χ3n) is 3.65. The van der Waals surface area contributed by atoms with Crippen molar-refractivity contribution < 1.29 is 22.7 Å². The van der Waals surface area contributed by atoms with Crippen LogP contribution in [0.25, 0.3) is 22.3 Å². The highest BCUT2D eigenvalue weighted by atomic mass is 19.4. The van der Waals surface area contributed by atoms with Gasteiger partial charge in [-0.25, -0.2) is 14.3 Å². The number of carbonyl (C=O) groups excluding carboxylic acids is 1. The van der Waals surface area contributed by atoms with Gasteiger partial charge in [0.05, 0.1) is 11.3 Å². The van der Waals surface area contributed by atoms with E-state index in [1.165, 1.54) is 30.5 Å². The summed E-state index contributed by atoms with van der Waals surface area (Å²) in [4.78, 5) is 16.9. The van der Waals surface area contributed by atoms with Gasteiger partial charge in [-0.05, 0) is 45.0 Å². The fourth-order valence-corrected chi connectivity index (χ4v) is 2.68. The van der Waals surface area contributed by atoms with Crippen molar-refractivity contribution in [3.8, 4) is 11.3 Å². The quantitative estimate of drug-likeness (QED) is 0.574. The van der Waals surface area contributed by atoms with Gasteiger partial charge in [-0.15, -0.1) is 0 Å². The van der Waals surface area contributed by atoms with Crippen LogP contribution < -0.4 is 0 Å². The smallest absolute Gasteiger partial charge is 0.420 e. The molecule has 136 valence electrons. The molecule has 0 bridgehead atoms. The summed E-state index contributed by atoms with van der Waals surface area (Å²) in [5.74, 6) is 0. The molecule has 0 unspecified atom stereocenters. The standard InChI is InChI=1S/C19H17F3N2O2/c1-18(2,3)26-17(25)24-15(11-12-7-6-10-23-16(12)24)13-8-4-5-9-14(13)19(20,21)22/h4-11H,1-3H3. The monoisotopic (exact) mass is 362 g/mol. The molecule has 0 radical (unpaired) electrons. The number of fused-ring (bicyclic) bond motifs is 1. The maximum absolute atomic E-state index is 13.5. The van der Waals surface area contributed by atoms with E-state index >= 15 is 0 Å². The lowest BCUT2D eigenvalue weighted by Crippen LogP contribution is -2.27. The molecule has 0 saturated carbocycles. The average Bonchev–Trinajstić information content (AvgIpc) is 2.92. The molecule has 7 heteroatoms. The first-order valence-electron chi connectivity index (χ1n) is 7.94. The van der Waals surface area contributed by atoms with Gasteiger partial charge in [0.1, 0.15) is 11.2 Å². The molecule has 0 aliphatic carbocycles. The molecule has 3 aromatic rings. The molecule has 26 heavy (non-hydrogen) atoms. The van der Waals surface area contributed by atoms with E-state index in [-0.39, 0.29) is 16.9 Å². The number of alkyl halides is 3. The number of hydrogen-bond acceptors (Lipinski definition) is 3. The van der Waals surface area contributed by atoms with Gasteiger partial charge in [-0.1, -0.05) is 18.2 Å². The van der Waals surface area contributed by atoms with E-state index in [4.69, 9.17) is 4.74 Å². The van der Waals surface area contributed by atoms with E-state index < -0.39 is 23.4 Å². The van der Waals surface area contributed by atoms with E-state index in [0.29, 0.717) is 5.39 Å². The van der Waals surface area contributed by atoms with E-state index in [9.17, 15) is 18.0 Å². The first-order valence-corrected chi connectivity index (χ1v) is 7.94. The molecule has 0 fully saturated rings. The fraction of sp³-hybridized carbons (Fsp3) is 0.263. The predicted molar refractivity (Wildman–Crippen MR) is 91.8 cm³/mol. The molecular formula is C19H17F3N2O2. The number of hydrogen-bond donors (Lipinski definition) is 0. The van der Waals surface area contributed by atoms with Crippen LogP contribution in [0.3, 0.4) is 0 Å². The molecule has 1 aromatic carbocycles. The number of nitrogens with zero attached hydrogens (tertiary/aromatic N) is 2. The second-order valence-corrected chi connectivity index (χ2v) is 6.80. The van der Waals surface area contributed by atoms with Crippen molar-refractivity contribution in [1.29, 1.82) is 0 Å². The minimum Gasteiger partial charge on any atom is -0.443 e. The van der Waals surface area contributed by atoms with Gasteiger partial charge in [0.15, 0.2) is 0 Å². The molecule has 0 aliphatic heterocycles. The first-order chi connectivity index (χ1) is 12.1. The summed E-state index contributed by atoms with van der Waals surface area (Å²) in [5.41, 5.74) is -1.41. The molecule has 2 heterocycles. The molecule has 0 aliphatic rings. The second-order valence-electron chi connectivity index (χ2n) is 6.80. The van der Waals surface area contributed by atoms with Gasteiger partial charge in [-0.3, -0.25) is 0 Å². The van der Waals surface area contributed by atoms with Crippen LogP contribution in [0, 0.1) is 0 Å². The fourth-order valence-electron chi connectivity index (χ4n) is 2.68. The zero-order valence-electron chi connectivity index (χ0n) is 14.5. The summed E-state index contributed by atoms with van der Waals surface area (Å²) in [5, 5.41) is 0.547. The van der Waals surface area contributed by atoms with Crippen molar-refractivity contribution >= 4 is 17.1 Å².